The number of nitrogens with zero attached hydrogens (tertiary/aromatic N) is 2. The number of aryl methyl sites for hydroxylation is 1. The molecule has 0 saturated carbocycles. The summed E-state index contributed by atoms with van der Waals surface area (Å²) in [5.74, 6) is 1.02. The van der Waals surface area contributed by atoms with Crippen molar-refractivity contribution in [3.05, 3.63) is 40.7 Å². The summed E-state index contributed by atoms with van der Waals surface area (Å²) in [6.45, 7) is 3.13. The van der Waals surface area contributed by atoms with Crippen molar-refractivity contribution in [2.45, 2.75) is 32.7 Å². The molecule has 2 heterocycles. The van der Waals surface area contributed by atoms with Crippen LogP contribution in [-0.4, -0.2) is 9.55 Å². The lowest BCUT2D eigenvalue weighted by Gasteiger charge is -2.16. The van der Waals surface area contributed by atoms with Crippen LogP contribution in [0.5, 0.6) is 0 Å². The average Bonchev–Trinajstić information content (AvgIpc) is 2.69. The molecule has 2 aromatic rings. The number of hydrogen-bond donors (Lipinski definition) is 0. The monoisotopic (exact) mass is 246 g/mol. The van der Waals surface area contributed by atoms with E-state index in [9.17, 15) is 0 Å². The molecule has 17 heavy (non-hydrogen) atoms. The lowest BCUT2D eigenvalue weighted by atomic mass is 10.1. The lowest BCUT2D eigenvalue weighted by molar-refractivity contribution is 0.536. The van der Waals surface area contributed by atoms with Crippen molar-refractivity contribution in [1.82, 2.24) is 9.55 Å². The maximum Gasteiger partial charge on any atom is 0.150 e. The Morgan fingerprint density at radius 1 is 1.18 bits per heavy atom. The molecule has 1 aromatic heterocycles. The highest BCUT2D eigenvalue weighted by Crippen LogP contribution is 2.29. The van der Waals surface area contributed by atoms with Crippen molar-refractivity contribution in [3.63, 3.8) is 0 Å². The fourth-order valence-electron chi connectivity index (χ4n) is 2.42. The van der Waals surface area contributed by atoms with Crippen LogP contribution in [0.3, 0.4) is 0 Å². The van der Waals surface area contributed by atoms with Crippen LogP contribution in [0.2, 0.25) is 5.15 Å². The topological polar surface area (TPSA) is 17.8 Å². The van der Waals surface area contributed by atoms with Crippen LogP contribution in [0.1, 0.15) is 24.1 Å². The standard InChI is InChI=1S/C14H15ClN2/c1-10-5-7-11(8-6-10)14-16-13(15)12-4-2-3-9-17(12)14/h5-8H,2-4,9H2,1H3. The third kappa shape index (κ3) is 1.87. The highest BCUT2D eigenvalue weighted by molar-refractivity contribution is 6.30. The number of aromatic nitrogens is 2. The van der Waals surface area contributed by atoms with E-state index in [-0.39, 0.29) is 0 Å². The second-order valence-electron chi connectivity index (χ2n) is 4.65. The molecular formula is C14H15ClN2. The molecule has 3 rings (SSSR count). The first-order valence-electron chi connectivity index (χ1n) is 6.07. The molecule has 88 valence electrons. The average molecular weight is 247 g/mol. The van der Waals surface area contributed by atoms with Gasteiger partial charge in [0.15, 0.2) is 5.15 Å². The highest BCUT2D eigenvalue weighted by atomic mass is 35.5. The first-order valence-corrected chi connectivity index (χ1v) is 6.45. The highest BCUT2D eigenvalue weighted by Gasteiger charge is 2.19. The van der Waals surface area contributed by atoms with Gasteiger partial charge < -0.3 is 4.57 Å². The summed E-state index contributed by atoms with van der Waals surface area (Å²) in [5, 5.41) is 0.681. The van der Waals surface area contributed by atoms with Gasteiger partial charge in [-0.15, -0.1) is 0 Å². The van der Waals surface area contributed by atoms with Crippen molar-refractivity contribution in [1.29, 1.82) is 0 Å². The Morgan fingerprint density at radius 2 is 1.94 bits per heavy atom. The molecule has 0 spiro atoms. The Labute approximate surface area is 106 Å². The number of halogens is 1. The molecule has 1 aliphatic rings. The number of hydrogen-bond acceptors (Lipinski definition) is 1. The predicted molar refractivity (Wildman–Crippen MR) is 70.3 cm³/mol. The van der Waals surface area contributed by atoms with Gasteiger partial charge in [0.2, 0.25) is 0 Å². The number of benzene rings is 1. The third-order valence-corrected chi connectivity index (χ3v) is 3.68. The molecule has 0 radical (unpaired) electrons. The Bertz CT molecular complexity index is 540. The van der Waals surface area contributed by atoms with Crippen molar-refractivity contribution in [3.8, 4) is 11.4 Å². The summed E-state index contributed by atoms with van der Waals surface area (Å²) in [7, 11) is 0. The van der Waals surface area contributed by atoms with Gasteiger partial charge in [-0.1, -0.05) is 41.4 Å². The largest absolute Gasteiger partial charge is 0.327 e. The summed E-state index contributed by atoms with van der Waals surface area (Å²) in [5.41, 5.74) is 3.63. The van der Waals surface area contributed by atoms with Gasteiger partial charge in [0, 0.05) is 12.1 Å². The van der Waals surface area contributed by atoms with E-state index >= 15 is 0 Å². The van der Waals surface area contributed by atoms with Crippen LogP contribution >= 0.6 is 11.6 Å². The van der Waals surface area contributed by atoms with Crippen LogP contribution in [0, 0.1) is 6.92 Å². The third-order valence-electron chi connectivity index (χ3n) is 3.38. The second-order valence-corrected chi connectivity index (χ2v) is 5.01. The van der Waals surface area contributed by atoms with E-state index in [1.807, 2.05) is 0 Å². The minimum absolute atomic E-state index is 0.681. The molecule has 2 nitrogen and oxygen atoms in total. The summed E-state index contributed by atoms with van der Waals surface area (Å²) < 4.78 is 2.27. The van der Waals surface area contributed by atoms with Gasteiger partial charge in [0.05, 0.1) is 5.69 Å². The van der Waals surface area contributed by atoms with Gasteiger partial charge in [-0.25, -0.2) is 4.98 Å². The minimum Gasteiger partial charge on any atom is -0.327 e. The first kappa shape index (κ1) is 10.8. The molecule has 0 unspecified atom stereocenters. The Kier molecular flexibility index (Phi) is 2.67. The van der Waals surface area contributed by atoms with Crippen molar-refractivity contribution in [2.75, 3.05) is 0 Å². The van der Waals surface area contributed by atoms with Gasteiger partial charge in [0.1, 0.15) is 5.82 Å². The zero-order valence-corrected chi connectivity index (χ0v) is 10.7. The fourth-order valence-corrected chi connectivity index (χ4v) is 2.70. The maximum atomic E-state index is 6.21. The van der Waals surface area contributed by atoms with Crippen molar-refractivity contribution < 1.29 is 0 Å². The summed E-state index contributed by atoms with van der Waals surface area (Å²) >= 11 is 6.21. The Hall–Kier alpha value is -1.28. The normalized spacial score (nSPS) is 14.7. The Morgan fingerprint density at radius 3 is 2.71 bits per heavy atom. The van der Waals surface area contributed by atoms with Gasteiger partial charge in [-0.3, -0.25) is 0 Å². The molecule has 0 N–H and O–H groups in total. The van der Waals surface area contributed by atoms with Crippen LogP contribution < -0.4 is 0 Å². The number of imidazole rings is 1. The molecule has 1 aromatic carbocycles. The zero-order chi connectivity index (χ0) is 11.8. The zero-order valence-electron chi connectivity index (χ0n) is 9.91. The molecule has 3 heteroatoms. The predicted octanol–water partition coefficient (Wildman–Crippen LogP) is 3.85. The first-order chi connectivity index (χ1) is 8.25. The van der Waals surface area contributed by atoms with E-state index in [0.29, 0.717) is 5.15 Å². The van der Waals surface area contributed by atoms with Crippen molar-refractivity contribution >= 4 is 11.6 Å². The molecule has 0 amide bonds. The SMILES string of the molecule is Cc1ccc(-c2nc(Cl)c3n2CCCC3)cc1. The molecule has 1 aliphatic heterocycles. The molecule has 0 bridgehead atoms. The number of fused-ring (bicyclic) bond motifs is 1. The van der Waals surface area contributed by atoms with Crippen LogP contribution in [0.25, 0.3) is 11.4 Å². The second kappa shape index (κ2) is 4.19. The quantitative estimate of drug-likeness (QED) is 0.747. The van der Waals surface area contributed by atoms with E-state index in [1.54, 1.807) is 0 Å². The molecule has 0 atom stereocenters. The summed E-state index contributed by atoms with van der Waals surface area (Å²) in [4.78, 5) is 4.52. The molecule has 0 fully saturated rings. The Balaban J connectivity index is 2.11. The summed E-state index contributed by atoms with van der Waals surface area (Å²) in [6.07, 6.45) is 3.50. The smallest absolute Gasteiger partial charge is 0.150 e. The van der Waals surface area contributed by atoms with Gasteiger partial charge in [-0.2, -0.15) is 0 Å². The van der Waals surface area contributed by atoms with Gasteiger partial charge in [0.25, 0.3) is 0 Å². The van der Waals surface area contributed by atoms with Crippen LogP contribution in [0.15, 0.2) is 24.3 Å². The van der Waals surface area contributed by atoms with Crippen LogP contribution in [-0.2, 0) is 13.0 Å². The van der Waals surface area contributed by atoms with Gasteiger partial charge >= 0.3 is 0 Å². The number of rotatable bonds is 1. The minimum atomic E-state index is 0.681. The fraction of sp³-hybridized carbons (Fsp3) is 0.357. The van der Waals surface area contributed by atoms with E-state index in [2.05, 4.69) is 40.7 Å². The van der Waals surface area contributed by atoms with Crippen LogP contribution in [0.4, 0.5) is 0 Å². The van der Waals surface area contributed by atoms with Gasteiger partial charge in [-0.05, 0) is 26.2 Å². The van der Waals surface area contributed by atoms with E-state index < -0.39 is 0 Å². The lowest BCUT2D eigenvalue weighted by Crippen LogP contribution is -2.10. The maximum absolute atomic E-state index is 6.21. The van der Waals surface area contributed by atoms with Crippen molar-refractivity contribution in [2.24, 2.45) is 0 Å². The molecule has 0 aliphatic carbocycles. The summed E-state index contributed by atoms with van der Waals surface area (Å²) in [6, 6.07) is 8.48. The molecule has 0 saturated heterocycles. The van der Waals surface area contributed by atoms with E-state index in [4.69, 9.17) is 11.6 Å². The molecular weight excluding hydrogens is 232 g/mol. The van der Waals surface area contributed by atoms with E-state index in [0.717, 1.165) is 24.4 Å². The van der Waals surface area contributed by atoms with E-state index in [1.165, 1.54) is 24.1 Å².